The molecule has 0 bridgehead atoms. The number of likely N-dealkylation sites (tertiary alicyclic amines) is 1. The molecule has 0 unspecified atom stereocenters. The number of hydrogen-bond donors (Lipinski definition) is 1. The van der Waals surface area contributed by atoms with Gasteiger partial charge in [-0.15, -0.1) is 0 Å². The molecule has 0 saturated carbocycles. The van der Waals surface area contributed by atoms with E-state index in [1.54, 1.807) is 4.57 Å². The summed E-state index contributed by atoms with van der Waals surface area (Å²) in [5.41, 5.74) is 8.30. The van der Waals surface area contributed by atoms with Crippen LogP contribution in [0.15, 0.2) is 23.0 Å². The van der Waals surface area contributed by atoms with Gasteiger partial charge >= 0.3 is 4.87 Å². The zero-order valence-electron chi connectivity index (χ0n) is 11.1. The first-order valence-corrected chi connectivity index (χ1v) is 7.51. The van der Waals surface area contributed by atoms with E-state index in [0.29, 0.717) is 6.04 Å². The van der Waals surface area contributed by atoms with Crippen molar-refractivity contribution in [2.75, 3.05) is 13.1 Å². The number of aryl methyl sites for hydroxylation is 1. The Morgan fingerprint density at radius 2 is 2.32 bits per heavy atom. The highest BCUT2D eigenvalue weighted by atomic mass is 32.1. The molecule has 1 atom stereocenters. The second-order valence-electron chi connectivity index (χ2n) is 5.37. The maximum atomic E-state index is 11.6. The number of hydrogen-bond acceptors (Lipinski definition) is 4. The van der Waals surface area contributed by atoms with E-state index in [-0.39, 0.29) is 4.87 Å². The first-order chi connectivity index (χ1) is 9.13. The third kappa shape index (κ3) is 2.59. The summed E-state index contributed by atoms with van der Waals surface area (Å²) >= 11 is 1.32. The van der Waals surface area contributed by atoms with Gasteiger partial charge in [0.25, 0.3) is 0 Å². The van der Waals surface area contributed by atoms with Gasteiger partial charge in [-0.3, -0.25) is 9.69 Å². The molecule has 2 heterocycles. The molecule has 0 spiro atoms. The molecule has 1 aliphatic rings. The largest absolute Gasteiger partial charge is 0.327 e. The quantitative estimate of drug-likeness (QED) is 0.905. The van der Waals surface area contributed by atoms with Crippen LogP contribution in [0.25, 0.3) is 10.2 Å². The average Bonchev–Trinajstić information content (AvgIpc) is 2.65. The Kier molecular flexibility index (Phi) is 3.43. The molecule has 1 aliphatic heterocycles. The lowest BCUT2D eigenvalue weighted by Crippen LogP contribution is -2.42. The molecule has 0 amide bonds. The van der Waals surface area contributed by atoms with Crippen molar-refractivity contribution in [1.29, 1.82) is 0 Å². The fourth-order valence-corrected chi connectivity index (χ4v) is 3.71. The Morgan fingerprint density at radius 1 is 1.47 bits per heavy atom. The average molecular weight is 277 g/mol. The minimum Gasteiger partial charge on any atom is -0.327 e. The zero-order chi connectivity index (χ0) is 13.4. The summed E-state index contributed by atoms with van der Waals surface area (Å²) in [4.78, 5) is 14.1. The molecule has 0 aliphatic carbocycles. The minimum atomic E-state index is 0.104. The number of benzene rings is 1. The fourth-order valence-electron chi connectivity index (χ4n) is 2.77. The lowest BCUT2D eigenvalue weighted by Gasteiger charge is -2.30. The summed E-state index contributed by atoms with van der Waals surface area (Å²) < 4.78 is 2.78. The summed E-state index contributed by atoms with van der Waals surface area (Å²) in [6, 6.07) is 6.62. The zero-order valence-corrected chi connectivity index (χ0v) is 11.9. The number of fused-ring (bicyclic) bond motifs is 1. The molecule has 3 rings (SSSR count). The van der Waals surface area contributed by atoms with E-state index in [1.807, 2.05) is 13.1 Å². The standard InChI is InChI=1S/C14H19N3OS/c1-16-12-5-4-10(7-13(12)19-14(16)18)8-17-6-2-3-11(15)9-17/h4-5,7,11H,2-3,6,8-9,15H2,1H3/t11-/m1/s1. The highest BCUT2D eigenvalue weighted by molar-refractivity contribution is 7.16. The summed E-state index contributed by atoms with van der Waals surface area (Å²) in [6.07, 6.45) is 2.32. The first-order valence-electron chi connectivity index (χ1n) is 6.70. The van der Waals surface area contributed by atoms with E-state index >= 15 is 0 Å². The van der Waals surface area contributed by atoms with Crippen LogP contribution >= 0.6 is 11.3 Å². The third-order valence-corrected chi connectivity index (χ3v) is 4.80. The van der Waals surface area contributed by atoms with Crippen LogP contribution in [0.4, 0.5) is 0 Å². The van der Waals surface area contributed by atoms with Crippen molar-refractivity contribution in [2.24, 2.45) is 12.8 Å². The number of nitrogens with two attached hydrogens (primary N) is 1. The molecule has 102 valence electrons. The monoisotopic (exact) mass is 277 g/mol. The van der Waals surface area contributed by atoms with Gasteiger partial charge in [-0.05, 0) is 37.1 Å². The fraction of sp³-hybridized carbons (Fsp3) is 0.500. The predicted octanol–water partition coefficient (Wildman–Crippen LogP) is 1.52. The molecule has 1 saturated heterocycles. The van der Waals surface area contributed by atoms with Gasteiger partial charge in [0.05, 0.1) is 10.2 Å². The van der Waals surface area contributed by atoms with Crippen molar-refractivity contribution < 1.29 is 0 Å². The molecule has 2 N–H and O–H groups in total. The molecular formula is C14H19N3OS. The van der Waals surface area contributed by atoms with Gasteiger partial charge in [-0.2, -0.15) is 0 Å². The molecule has 1 aromatic heterocycles. The SMILES string of the molecule is Cn1c(=O)sc2cc(CN3CCC[C@@H](N)C3)ccc21. The van der Waals surface area contributed by atoms with Crippen LogP contribution in [0.2, 0.25) is 0 Å². The molecule has 1 fully saturated rings. The Balaban J connectivity index is 1.83. The summed E-state index contributed by atoms with van der Waals surface area (Å²) in [5, 5.41) is 0. The number of piperidine rings is 1. The van der Waals surface area contributed by atoms with Gasteiger partial charge in [0, 0.05) is 26.2 Å². The van der Waals surface area contributed by atoms with Crippen LogP contribution in [0.3, 0.4) is 0 Å². The molecule has 2 aromatic rings. The van der Waals surface area contributed by atoms with Gasteiger partial charge in [-0.1, -0.05) is 17.4 Å². The highest BCUT2D eigenvalue weighted by Gasteiger charge is 2.16. The molecule has 4 nitrogen and oxygen atoms in total. The van der Waals surface area contributed by atoms with Crippen LogP contribution < -0.4 is 10.6 Å². The van der Waals surface area contributed by atoms with Crippen molar-refractivity contribution in [3.8, 4) is 0 Å². The Morgan fingerprint density at radius 3 is 3.11 bits per heavy atom. The molecule has 5 heteroatoms. The van der Waals surface area contributed by atoms with Gasteiger partial charge in [0.1, 0.15) is 0 Å². The summed E-state index contributed by atoms with van der Waals surface area (Å²) in [7, 11) is 1.82. The van der Waals surface area contributed by atoms with E-state index in [0.717, 1.165) is 36.3 Å². The maximum Gasteiger partial charge on any atom is 0.307 e. The Bertz CT molecular complexity index is 646. The third-order valence-electron chi connectivity index (χ3n) is 3.80. The minimum absolute atomic E-state index is 0.104. The van der Waals surface area contributed by atoms with Crippen LogP contribution in [0.1, 0.15) is 18.4 Å². The van der Waals surface area contributed by atoms with Gasteiger partial charge in [-0.25, -0.2) is 0 Å². The second-order valence-corrected chi connectivity index (χ2v) is 6.36. The molecular weight excluding hydrogens is 258 g/mol. The van der Waals surface area contributed by atoms with E-state index in [4.69, 9.17) is 5.73 Å². The maximum absolute atomic E-state index is 11.6. The topological polar surface area (TPSA) is 51.3 Å². The van der Waals surface area contributed by atoms with Gasteiger partial charge < -0.3 is 10.3 Å². The van der Waals surface area contributed by atoms with E-state index in [1.165, 1.54) is 23.3 Å². The molecule has 1 aromatic carbocycles. The van der Waals surface area contributed by atoms with Crippen LogP contribution in [-0.2, 0) is 13.6 Å². The highest BCUT2D eigenvalue weighted by Crippen LogP contribution is 2.20. The van der Waals surface area contributed by atoms with E-state index in [2.05, 4.69) is 17.0 Å². The van der Waals surface area contributed by atoms with Crippen LogP contribution in [0.5, 0.6) is 0 Å². The van der Waals surface area contributed by atoms with E-state index < -0.39 is 0 Å². The van der Waals surface area contributed by atoms with Gasteiger partial charge in [0.15, 0.2) is 0 Å². The predicted molar refractivity (Wildman–Crippen MR) is 79.6 cm³/mol. The number of nitrogens with zero attached hydrogens (tertiary/aromatic N) is 2. The van der Waals surface area contributed by atoms with E-state index in [9.17, 15) is 4.79 Å². The lowest BCUT2D eigenvalue weighted by molar-refractivity contribution is 0.201. The van der Waals surface area contributed by atoms with Crippen molar-refractivity contribution >= 4 is 21.6 Å². The molecule has 0 radical (unpaired) electrons. The first kappa shape index (κ1) is 12.8. The van der Waals surface area contributed by atoms with Crippen LogP contribution in [-0.4, -0.2) is 28.6 Å². The van der Waals surface area contributed by atoms with Crippen molar-refractivity contribution in [3.63, 3.8) is 0 Å². The number of rotatable bonds is 2. The van der Waals surface area contributed by atoms with Crippen molar-refractivity contribution in [2.45, 2.75) is 25.4 Å². The second kappa shape index (κ2) is 5.07. The summed E-state index contributed by atoms with van der Waals surface area (Å²) in [5.74, 6) is 0. The Hall–Kier alpha value is -1.17. The van der Waals surface area contributed by atoms with Crippen molar-refractivity contribution in [1.82, 2.24) is 9.47 Å². The number of aromatic nitrogens is 1. The smallest absolute Gasteiger partial charge is 0.307 e. The van der Waals surface area contributed by atoms with Gasteiger partial charge in [0.2, 0.25) is 0 Å². The lowest BCUT2D eigenvalue weighted by atomic mass is 10.1. The Labute approximate surface area is 116 Å². The number of thiazole rings is 1. The van der Waals surface area contributed by atoms with Crippen molar-refractivity contribution in [3.05, 3.63) is 33.4 Å². The van der Waals surface area contributed by atoms with Crippen LogP contribution in [0, 0.1) is 0 Å². The normalized spacial score (nSPS) is 21.1. The molecule has 19 heavy (non-hydrogen) atoms. The summed E-state index contributed by atoms with van der Waals surface area (Å²) in [6.45, 7) is 3.03.